The van der Waals surface area contributed by atoms with Gasteiger partial charge in [-0.1, -0.05) is 13.8 Å². The molecular formula is C15H22O4. The van der Waals surface area contributed by atoms with Gasteiger partial charge in [-0.3, -0.25) is 4.79 Å². The van der Waals surface area contributed by atoms with Crippen LogP contribution in [0.25, 0.3) is 0 Å². The molecule has 0 heterocycles. The second-order valence-corrected chi connectivity index (χ2v) is 5.92. The highest BCUT2D eigenvalue weighted by atomic mass is 16.4. The van der Waals surface area contributed by atoms with Crippen molar-refractivity contribution in [1.29, 1.82) is 0 Å². The summed E-state index contributed by atoms with van der Waals surface area (Å²) in [7, 11) is 0. The van der Waals surface area contributed by atoms with E-state index in [0.29, 0.717) is 5.92 Å². The highest BCUT2D eigenvalue weighted by Crippen LogP contribution is 2.63. The summed E-state index contributed by atoms with van der Waals surface area (Å²) in [5.41, 5.74) is 1.08. The lowest BCUT2D eigenvalue weighted by Gasteiger charge is -2.34. The van der Waals surface area contributed by atoms with E-state index >= 15 is 0 Å². The van der Waals surface area contributed by atoms with Gasteiger partial charge in [0, 0.05) is 5.57 Å². The summed E-state index contributed by atoms with van der Waals surface area (Å²) < 4.78 is 0. The van der Waals surface area contributed by atoms with Gasteiger partial charge in [-0.25, -0.2) is 4.79 Å². The Morgan fingerprint density at radius 3 is 2.47 bits per heavy atom. The molecule has 2 fully saturated rings. The van der Waals surface area contributed by atoms with Crippen molar-refractivity contribution >= 4 is 11.9 Å². The summed E-state index contributed by atoms with van der Waals surface area (Å²) in [4.78, 5) is 22.5. The molecule has 2 aliphatic rings. The van der Waals surface area contributed by atoms with Crippen LogP contribution in [0.2, 0.25) is 0 Å². The zero-order valence-electron chi connectivity index (χ0n) is 11.6. The molecule has 19 heavy (non-hydrogen) atoms. The Kier molecular flexibility index (Phi) is 3.70. The molecule has 3 atom stereocenters. The van der Waals surface area contributed by atoms with Crippen LogP contribution >= 0.6 is 0 Å². The lowest BCUT2D eigenvalue weighted by molar-refractivity contribution is -0.139. The van der Waals surface area contributed by atoms with E-state index < -0.39 is 11.9 Å². The second-order valence-electron chi connectivity index (χ2n) is 5.92. The van der Waals surface area contributed by atoms with Crippen LogP contribution in [0, 0.1) is 17.3 Å². The first-order valence-corrected chi connectivity index (χ1v) is 7.13. The summed E-state index contributed by atoms with van der Waals surface area (Å²) in [6.45, 7) is 4.18. The maximum atomic E-state index is 11.5. The van der Waals surface area contributed by atoms with Gasteiger partial charge in [0.2, 0.25) is 0 Å². The van der Waals surface area contributed by atoms with Crippen molar-refractivity contribution in [3.05, 3.63) is 11.1 Å². The highest BCUT2D eigenvalue weighted by Gasteiger charge is 2.54. The molecule has 0 saturated heterocycles. The first-order chi connectivity index (χ1) is 8.95. The van der Waals surface area contributed by atoms with Crippen molar-refractivity contribution in [3.8, 4) is 0 Å². The molecule has 2 rings (SSSR count). The predicted molar refractivity (Wildman–Crippen MR) is 70.8 cm³/mol. The summed E-state index contributed by atoms with van der Waals surface area (Å²) in [5, 5.41) is 18.4. The van der Waals surface area contributed by atoms with Crippen LogP contribution in [0.5, 0.6) is 0 Å². The predicted octanol–water partition coefficient (Wildman–Crippen LogP) is 3.08. The highest BCUT2D eigenvalue weighted by molar-refractivity contribution is 5.93. The van der Waals surface area contributed by atoms with Gasteiger partial charge in [0.15, 0.2) is 0 Å². The molecule has 2 saturated carbocycles. The van der Waals surface area contributed by atoms with Crippen molar-refractivity contribution in [2.75, 3.05) is 0 Å². The smallest absolute Gasteiger partial charge is 0.332 e. The van der Waals surface area contributed by atoms with Crippen LogP contribution in [0.1, 0.15) is 52.4 Å². The topological polar surface area (TPSA) is 74.6 Å². The minimum atomic E-state index is -1.05. The van der Waals surface area contributed by atoms with Crippen LogP contribution in [0.15, 0.2) is 11.1 Å². The fraction of sp³-hybridized carbons (Fsp3) is 0.733. The zero-order valence-corrected chi connectivity index (χ0v) is 11.6. The Morgan fingerprint density at radius 1 is 1.32 bits per heavy atom. The molecule has 0 aliphatic heterocycles. The quantitative estimate of drug-likeness (QED) is 0.750. The minimum Gasteiger partial charge on any atom is -0.481 e. The van der Waals surface area contributed by atoms with Gasteiger partial charge < -0.3 is 10.2 Å². The van der Waals surface area contributed by atoms with Gasteiger partial charge in [-0.15, -0.1) is 0 Å². The van der Waals surface area contributed by atoms with E-state index in [-0.39, 0.29) is 23.3 Å². The number of carbonyl (C=O) groups is 2. The molecule has 4 nitrogen and oxygen atoms in total. The molecular weight excluding hydrogens is 244 g/mol. The fourth-order valence-corrected chi connectivity index (χ4v) is 4.41. The van der Waals surface area contributed by atoms with Crippen molar-refractivity contribution < 1.29 is 19.8 Å². The van der Waals surface area contributed by atoms with Gasteiger partial charge in [0.25, 0.3) is 0 Å². The van der Waals surface area contributed by atoms with Crippen LogP contribution in [-0.2, 0) is 9.59 Å². The molecule has 2 aliphatic carbocycles. The lowest BCUT2D eigenvalue weighted by atomic mass is 9.70. The molecule has 0 aromatic carbocycles. The Labute approximate surface area is 113 Å². The molecule has 0 aromatic heterocycles. The van der Waals surface area contributed by atoms with E-state index in [9.17, 15) is 14.7 Å². The number of carboxylic acid groups (broad SMARTS) is 2. The standard InChI is InChI=1S/C15H22O4/c1-3-10-9-5-6-15(4-2,8-9)13(10)11(14(18)19)7-12(16)17/h9-10H,3-8H2,1-2H3,(H,16,17)(H,18,19). The number of rotatable bonds is 5. The summed E-state index contributed by atoms with van der Waals surface area (Å²) in [5.74, 6) is -1.26. The van der Waals surface area contributed by atoms with Crippen molar-refractivity contribution in [1.82, 2.24) is 0 Å². The monoisotopic (exact) mass is 266 g/mol. The average molecular weight is 266 g/mol. The number of carboxylic acids is 2. The molecule has 0 radical (unpaired) electrons. The summed E-state index contributed by atoms with van der Waals surface area (Å²) >= 11 is 0. The number of aliphatic carboxylic acids is 2. The van der Waals surface area contributed by atoms with Crippen LogP contribution in [0.3, 0.4) is 0 Å². The molecule has 2 N–H and O–H groups in total. The SMILES string of the molecule is CCC1C(=C(CC(=O)O)C(=O)O)C2(CC)CCC1C2. The van der Waals surface area contributed by atoms with E-state index in [1.807, 2.05) is 0 Å². The Balaban J connectivity index is 2.52. The van der Waals surface area contributed by atoms with Crippen molar-refractivity contribution in [3.63, 3.8) is 0 Å². The van der Waals surface area contributed by atoms with E-state index in [1.54, 1.807) is 0 Å². The van der Waals surface area contributed by atoms with Gasteiger partial charge in [0.05, 0.1) is 6.42 Å². The van der Waals surface area contributed by atoms with E-state index in [1.165, 1.54) is 0 Å². The average Bonchev–Trinajstić information content (AvgIpc) is 2.91. The Bertz CT molecular complexity index is 437. The maximum Gasteiger partial charge on any atom is 0.332 e. The molecule has 0 amide bonds. The minimum absolute atomic E-state index is 0.0332. The van der Waals surface area contributed by atoms with E-state index in [4.69, 9.17) is 5.11 Å². The number of fused-ring (bicyclic) bond motifs is 2. The number of hydrogen-bond donors (Lipinski definition) is 2. The summed E-state index contributed by atoms with van der Waals surface area (Å²) in [6.07, 6.45) is 4.72. The largest absolute Gasteiger partial charge is 0.481 e. The van der Waals surface area contributed by atoms with E-state index in [2.05, 4.69) is 13.8 Å². The van der Waals surface area contributed by atoms with Gasteiger partial charge in [-0.2, -0.15) is 0 Å². The van der Waals surface area contributed by atoms with Gasteiger partial charge in [-0.05, 0) is 54.9 Å². The van der Waals surface area contributed by atoms with Crippen molar-refractivity contribution in [2.24, 2.45) is 17.3 Å². The zero-order chi connectivity index (χ0) is 14.2. The first-order valence-electron chi connectivity index (χ1n) is 7.13. The molecule has 4 heteroatoms. The first kappa shape index (κ1) is 14.1. The molecule has 106 valence electrons. The van der Waals surface area contributed by atoms with E-state index in [0.717, 1.165) is 37.7 Å². The van der Waals surface area contributed by atoms with Crippen LogP contribution < -0.4 is 0 Å². The Hall–Kier alpha value is -1.32. The lowest BCUT2D eigenvalue weighted by Crippen LogP contribution is -2.26. The fourth-order valence-electron chi connectivity index (χ4n) is 4.41. The van der Waals surface area contributed by atoms with Crippen molar-refractivity contribution in [2.45, 2.75) is 52.4 Å². The third-order valence-corrected chi connectivity index (χ3v) is 5.19. The summed E-state index contributed by atoms with van der Waals surface area (Å²) in [6, 6.07) is 0. The number of allylic oxidation sites excluding steroid dienone is 1. The normalized spacial score (nSPS) is 35.5. The van der Waals surface area contributed by atoms with Crippen LogP contribution in [-0.4, -0.2) is 22.2 Å². The third-order valence-electron chi connectivity index (χ3n) is 5.19. The molecule has 0 aromatic rings. The van der Waals surface area contributed by atoms with Crippen LogP contribution in [0.4, 0.5) is 0 Å². The molecule has 3 unspecified atom stereocenters. The third kappa shape index (κ3) is 2.17. The molecule has 0 spiro atoms. The molecule has 2 bridgehead atoms. The second kappa shape index (κ2) is 4.99. The maximum absolute atomic E-state index is 11.5. The van der Waals surface area contributed by atoms with Gasteiger partial charge in [0.1, 0.15) is 0 Å². The number of hydrogen-bond acceptors (Lipinski definition) is 2. The van der Waals surface area contributed by atoms with Gasteiger partial charge >= 0.3 is 11.9 Å². The Morgan fingerprint density at radius 2 is 2.00 bits per heavy atom.